The zero-order valence-electron chi connectivity index (χ0n) is 7.44. The first-order valence-electron chi connectivity index (χ1n) is 3.72. The van der Waals surface area contributed by atoms with Crippen LogP contribution in [0.15, 0.2) is 18.3 Å². The third-order valence-corrected chi connectivity index (χ3v) is 1.37. The lowest BCUT2D eigenvalue weighted by Gasteiger charge is -1.89. The summed E-state index contributed by atoms with van der Waals surface area (Å²) in [4.78, 5) is 14.4. The molecule has 0 fully saturated rings. The molecular weight excluding hydrogens is 180 g/mol. The van der Waals surface area contributed by atoms with Gasteiger partial charge in [0, 0.05) is 17.7 Å². The molecule has 1 heterocycles. The first-order valence-corrected chi connectivity index (χ1v) is 3.72. The minimum Gasteiger partial charge on any atom is -0.459 e. The Hall–Kier alpha value is -2.33. The van der Waals surface area contributed by atoms with Gasteiger partial charge in [0.25, 0.3) is 0 Å². The van der Waals surface area contributed by atoms with Crippen molar-refractivity contribution in [3.05, 3.63) is 29.6 Å². The van der Waals surface area contributed by atoms with Crippen LogP contribution in [0.1, 0.15) is 11.3 Å². The number of hydrogen-bond donors (Lipinski definition) is 0. The fraction of sp³-hybridized carbons (Fsp3) is 0.100. The van der Waals surface area contributed by atoms with Crippen LogP contribution in [0.5, 0.6) is 0 Å². The Morgan fingerprint density at radius 2 is 2.36 bits per heavy atom. The van der Waals surface area contributed by atoms with Crippen LogP contribution in [0.25, 0.3) is 0 Å². The van der Waals surface area contributed by atoms with Gasteiger partial charge in [-0.15, -0.1) is 0 Å². The zero-order valence-corrected chi connectivity index (χ0v) is 7.44. The number of carbonyl (C=O) groups excluding carboxylic acids is 1. The van der Waals surface area contributed by atoms with Crippen LogP contribution in [0.3, 0.4) is 0 Å². The van der Waals surface area contributed by atoms with Gasteiger partial charge in [-0.2, -0.15) is 5.26 Å². The summed E-state index contributed by atoms with van der Waals surface area (Å²) in [6.45, 7) is 0. The molecule has 68 valence electrons. The molecule has 0 aliphatic carbocycles. The highest BCUT2D eigenvalue weighted by Gasteiger charge is 1.92. The van der Waals surface area contributed by atoms with Crippen molar-refractivity contribution >= 4 is 5.97 Å². The summed E-state index contributed by atoms with van der Waals surface area (Å²) in [5.74, 6) is 4.20. The minimum atomic E-state index is -0.602. The fourth-order valence-electron chi connectivity index (χ4n) is 0.708. The highest BCUT2D eigenvalue weighted by atomic mass is 16.5. The third-order valence-electron chi connectivity index (χ3n) is 1.37. The zero-order chi connectivity index (χ0) is 10.4. The lowest BCUT2D eigenvalue weighted by Crippen LogP contribution is -1.94. The van der Waals surface area contributed by atoms with Crippen LogP contribution < -0.4 is 0 Å². The highest BCUT2D eigenvalue weighted by Crippen LogP contribution is 1.96. The van der Waals surface area contributed by atoms with E-state index in [9.17, 15) is 4.79 Å². The molecule has 0 aliphatic heterocycles. The average molecular weight is 186 g/mol. The number of rotatable bonds is 0. The predicted octanol–water partition coefficient (Wildman–Crippen LogP) is 0.478. The first-order chi connectivity index (χ1) is 6.76. The standard InChI is InChI=1S/C10H6N2O2/c1-14-10(13)5-3-8-2-4-9(6-11)12-7-8/h2,4,7H,1H3. The molecule has 1 rings (SSSR count). The van der Waals surface area contributed by atoms with E-state index in [1.165, 1.54) is 19.4 Å². The summed E-state index contributed by atoms with van der Waals surface area (Å²) >= 11 is 0. The van der Waals surface area contributed by atoms with Gasteiger partial charge in [0.2, 0.25) is 0 Å². The average Bonchev–Trinajstić information content (AvgIpc) is 2.26. The van der Waals surface area contributed by atoms with Gasteiger partial charge < -0.3 is 4.74 Å². The Morgan fingerprint density at radius 1 is 1.57 bits per heavy atom. The maximum atomic E-state index is 10.6. The third kappa shape index (κ3) is 2.62. The lowest BCUT2D eigenvalue weighted by atomic mass is 10.2. The maximum absolute atomic E-state index is 10.6. The molecule has 0 spiro atoms. The van der Waals surface area contributed by atoms with Crippen LogP contribution in [-0.2, 0) is 9.53 Å². The Morgan fingerprint density at radius 3 is 2.86 bits per heavy atom. The molecule has 0 aromatic carbocycles. The molecule has 0 saturated carbocycles. The van der Waals surface area contributed by atoms with Gasteiger partial charge in [-0.3, -0.25) is 0 Å². The number of carbonyl (C=O) groups is 1. The molecule has 0 unspecified atom stereocenters. The second-order valence-corrected chi connectivity index (χ2v) is 2.29. The highest BCUT2D eigenvalue weighted by molar-refractivity contribution is 5.88. The van der Waals surface area contributed by atoms with Crippen molar-refractivity contribution in [2.24, 2.45) is 0 Å². The number of ether oxygens (including phenoxy) is 1. The summed E-state index contributed by atoms with van der Waals surface area (Å²) < 4.78 is 4.33. The smallest absolute Gasteiger partial charge is 0.384 e. The normalized spacial score (nSPS) is 8.00. The molecule has 1 aromatic heterocycles. The van der Waals surface area contributed by atoms with Gasteiger partial charge in [0.15, 0.2) is 0 Å². The quantitative estimate of drug-likeness (QED) is 0.436. The van der Waals surface area contributed by atoms with Crippen molar-refractivity contribution in [2.45, 2.75) is 0 Å². The molecule has 4 heteroatoms. The molecule has 4 nitrogen and oxygen atoms in total. The van der Waals surface area contributed by atoms with Gasteiger partial charge in [-0.1, -0.05) is 5.92 Å². The summed E-state index contributed by atoms with van der Waals surface area (Å²) in [6.07, 6.45) is 1.43. The van der Waals surface area contributed by atoms with E-state index >= 15 is 0 Å². The summed E-state index contributed by atoms with van der Waals surface area (Å²) in [5.41, 5.74) is 0.878. The summed E-state index contributed by atoms with van der Waals surface area (Å²) in [7, 11) is 1.26. The van der Waals surface area contributed by atoms with Crippen molar-refractivity contribution in [3.63, 3.8) is 0 Å². The van der Waals surface area contributed by atoms with E-state index in [2.05, 4.69) is 21.6 Å². The second-order valence-electron chi connectivity index (χ2n) is 2.29. The van der Waals surface area contributed by atoms with Crippen LogP contribution in [0.2, 0.25) is 0 Å². The molecule has 14 heavy (non-hydrogen) atoms. The number of methoxy groups -OCH3 is 1. The number of nitrogens with zero attached hydrogens (tertiary/aromatic N) is 2. The van der Waals surface area contributed by atoms with Gasteiger partial charge in [0.05, 0.1) is 7.11 Å². The van der Waals surface area contributed by atoms with Crippen molar-refractivity contribution < 1.29 is 9.53 Å². The topological polar surface area (TPSA) is 63.0 Å². The molecule has 0 N–H and O–H groups in total. The van der Waals surface area contributed by atoms with Crippen molar-refractivity contribution in [1.29, 1.82) is 5.26 Å². The summed E-state index contributed by atoms with van der Waals surface area (Å²) in [6, 6.07) is 5.02. The Kier molecular flexibility index (Phi) is 3.23. The monoisotopic (exact) mass is 186 g/mol. The van der Waals surface area contributed by atoms with E-state index in [0.717, 1.165) is 0 Å². The summed E-state index contributed by atoms with van der Waals surface area (Å²) in [5, 5.41) is 8.46. The maximum Gasteiger partial charge on any atom is 0.384 e. The molecular formula is C10H6N2O2. The first kappa shape index (κ1) is 9.76. The second kappa shape index (κ2) is 4.64. The van der Waals surface area contributed by atoms with Crippen molar-refractivity contribution in [3.8, 4) is 17.9 Å². The molecule has 0 saturated heterocycles. The van der Waals surface area contributed by atoms with Gasteiger partial charge >= 0.3 is 5.97 Å². The molecule has 0 radical (unpaired) electrons. The molecule has 1 aromatic rings. The van der Waals surface area contributed by atoms with Crippen molar-refractivity contribution in [2.75, 3.05) is 7.11 Å². The number of esters is 1. The molecule has 0 atom stereocenters. The van der Waals surface area contributed by atoms with Crippen molar-refractivity contribution in [1.82, 2.24) is 4.98 Å². The predicted molar refractivity (Wildman–Crippen MR) is 47.8 cm³/mol. The van der Waals surface area contributed by atoms with Crippen LogP contribution >= 0.6 is 0 Å². The SMILES string of the molecule is COC(=O)C#Cc1ccc(C#N)nc1. The number of pyridine rings is 1. The number of hydrogen-bond acceptors (Lipinski definition) is 4. The Balaban J connectivity index is 2.83. The van der Waals surface area contributed by atoms with E-state index < -0.39 is 5.97 Å². The van der Waals surface area contributed by atoms with Gasteiger partial charge in [-0.25, -0.2) is 9.78 Å². The lowest BCUT2D eigenvalue weighted by molar-refractivity contribution is -0.133. The van der Waals surface area contributed by atoms with Crippen LogP contribution in [-0.4, -0.2) is 18.1 Å². The van der Waals surface area contributed by atoms with E-state index in [-0.39, 0.29) is 0 Å². The van der Waals surface area contributed by atoms with Crippen LogP contribution in [0.4, 0.5) is 0 Å². The largest absolute Gasteiger partial charge is 0.459 e. The minimum absolute atomic E-state index is 0.314. The van der Waals surface area contributed by atoms with Gasteiger partial charge in [0.1, 0.15) is 11.8 Å². The Labute approximate surface area is 81.1 Å². The number of aromatic nitrogens is 1. The van der Waals surface area contributed by atoms with Gasteiger partial charge in [-0.05, 0) is 12.1 Å². The van der Waals surface area contributed by atoms with E-state index in [1.54, 1.807) is 6.07 Å². The van der Waals surface area contributed by atoms with E-state index in [1.807, 2.05) is 6.07 Å². The van der Waals surface area contributed by atoms with E-state index in [0.29, 0.717) is 11.3 Å². The molecule has 0 aliphatic rings. The van der Waals surface area contributed by atoms with E-state index in [4.69, 9.17) is 5.26 Å². The fourth-order valence-corrected chi connectivity index (χ4v) is 0.708. The molecule has 0 amide bonds. The van der Waals surface area contributed by atoms with Crippen LogP contribution in [0, 0.1) is 23.2 Å². The number of nitriles is 1. The Bertz CT molecular complexity index is 432. The molecule has 0 bridgehead atoms.